The minimum absolute atomic E-state index is 0.130. The first-order chi connectivity index (χ1) is 8.76. The highest BCUT2D eigenvalue weighted by molar-refractivity contribution is 5.95. The molecule has 1 aromatic rings. The summed E-state index contributed by atoms with van der Waals surface area (Å²) in [6.45, 7) is 0.710. The maximum absolute atomic E-state index is 13.2. The van der Waals surface area contributed by atoms with Gasteiger partial charge in [0, 0.05) is 5.56 Å². The summed E-state index contributed by atoms with van der Waals surface area (Å²) in [7, 11) is 0. The molecule has 1 heterocycles. The van der Waals surface area contributed by atoms with E-state index in [1.54, 1.807) is 6.07 Å². The number of aliphatic imine (C=N–C) groups is 1. The van der Waals surface area contributed by atoms with Crippen molar-refractivity contribution in [2.45, 2.75) is 31.4 Å². The lowest BCUT2D eigenvalue weighted by molar-refractivity contribution is 0.123. The molecule has 0 amide bonds. The number of nitrogens with zero attached hydrogens (tertiary/aromatic N) is 1. The largest absolute Gasteiger partial charge is 0.472 e. The predicted octanol–water partition coefficient (Wildman–Crippen LogP) is 2.10. The van der Waals surface area contributed by atoms with Crippen molar-refractivity contribution >= 4 is 5.90 Å². The van der Waals surface area contributed by atoms with Crippen LogP contribution in [0.3, 0.4) is 0 Å². The Morgan fingerprint density at radius 3 is 3.06 bits per heavy atom. The molecule has 4 heteroatoms. The van der Waals surface area contributed by atoms with Gasteiger partial charge in [0.1, 0.15) is 11.9 Å². The minimum atomic E-state index is -0.256. The van der Waals surface area contributed by atoms with Gasteiger partial charge in [-0.2, -0.15) is 0 Å². The van der Waals surface area contributed by atoms with E-state index >= 15 is 0 Å². The topological polar surface area (TPSA) is 47.6 Å². The predicted molar refractivity (Wildman–Crippen MR) is 68.0 cm³/mol. The van der Waals surface area contributed by atoms with Gasteiger partial charge in [0.05, 0.1) is 6.04 Å². The van der Waals surface area contributed by atoms with Crippen molar-refractivity contribution < 1.29 is 9.13 Å². The average molecular weight is 248 g/mol. The summed E-state index contributed by atoms with van der Waals surface area (Å²) >= 11 is 0. The number of hydrogen-bond acceptors (Lipinski definition) is 3. The van der Waals surface area contributed by atoms with E-state index < -0.39 is 0 Å². The van der Waals surface area contributed by atoms with Gasteiger partial charge < -0.3 is 10.5 Å². The van der Waals surface area contributed by atoms with Gasteiger partial charge in [0.15, 0.2) is 0 Å². The molecule has 0 radical (unpaired) electrons. The fraction of sp³-hybridized carbons (Fsp3) is 0.500. The first kappa shape index (κ1) is 11.7. The van der Waals surface area contributed by atoms with Gasteiger partial charge in [-0.1, -0.05) is 6.07 Å². The van der Waals surface area contributed by atoms with E-state index in [9.17, 15) is 4.39 Å². The Hall–Kier alpha value is -1.42. The lowest BCUT2D eigenvalue weighted by atomic mass is 9.84. The molecule has 0 bridgehead atoms. The van der Waals surface area contributed by atoms with Crippen molar-refractivity contribution in [3.8, 4) is 0 Å². The van der Waals surface area contributed by atoms with E-state index in [1.165, 1.54) is 12.1 Å². The Morgan fingerprint density at radius 2 is 2.28 bits per heavy atom. The van der Waals surface area contributed by atoms with Crippen molar-refractivity contribution in [2.75, 3.05) is 6.54 Å². The third-order valence-corrected chi connectivity index (χ3v) is 3.82. The molecule has 0 aromatic heterocycles. The van der Waals surface area contributed by atoms with Crippen molar-refractivity contribution in [3.63, 3.8) is 0 Å². The average Bonchev–Trinajstić information content (AvgIpc) is 2.81. The molecule has 96 valence electrons. The van der Waals surface area contributed by atoms with E-state index in [0.717, 1.165) is 24.8 Å². The summed E-state index contributed by atoms with van der Waals surface area (Å²) < 4.78 is 19.0. The molecule has 3 unspecified atom stereocenters. The maximum atomic E-state index is 13.2. The van der Waals surface area contributed by atoms with Crippen molar-refractivity contribution in [3.05, 3.63) is 35.6 Å². The SMILES string of the molecule is NCC1CCC2N=C(c3cccc(F)c3)OC2C1. The molecule has 2 aliphatic rings. The third kappa shape index (κ3) is 2.12. The Morgan fingerprint density at radius 1 is 1.39 bits per heavy atom. The van der Waals surface area contributed by atoms with Crippen LogP contribution in [0.4, 0.5) is 4.39 Å². The van der Waals surface area contributed by atoms with Crippen LogP contribution in [-0.2, 0) is 4.74 Å². The number of benzene rings is 1. The van der Waals surface area contributed by atoms with E-state index in [-0.39, 0.29) is 18.0 Å². The van der Waals surface area contributed by atoms with Gasteiger partial charge in [-0.05, 0) is 49.9 Å². The first-order valence-corrected chi connectivity index (χ1v) is 6.46. The Balaban J connectivity index is 1.77. The molecule has 1 saturated carbocycles. The van der Waals surface area contributed by atoms with Gasteiger partial charge in [0.25, 0.3) is 0 Å². The number of hydrogen-bond donors (Lipinski definition) is 1. The zero-order valence-corrected chi connectivity index (χ0v) is 10.2. The maximum Gasteiger partial charge on any atom is 0.216 e. The second-order valence-corrected chi connectivity index (χ2v) is 5.08. The summed E-state index contributed by atoms with van der Waals surface area (Å²) in [5, 5.41) is 0. The van der Waals surface area contributed by atoms with Gasteiger partial charge >= 0.3 is 0 Å². The molecule has 0 saturated heterocycles. The lowest BCUT2D eigenvalue weighted by Gasteiger charge is -2.28. The van der Waals surface area contributed by atoms with Crippen LogP contribution < -0.4 is 5.73 Å². The molecular weight excluding hydrogens is 231 g/mol. The number of halogens is 1. The molecular formula is C14H17FN2O. The third-order valence-electron chi connectivity index (χ3n) is 3.82. The molecule has 18 heavy (non-hydrogen) atoms. The molecule has 0 spiro atoms. The summed E-state index contributed by atoms with van der Waals surface area (Å²) in [6.07, 6.45) is 3.22. The summed E-state index contributed by atoms with van der Waals surface area (Å²) in [5.41, 5.74) is 6.44. The second kappa shape index (κ2) is 4.69. The number of ether oxygens (including phenoxy) is 1. The van der Waals surface area contributed by atoms with Gasteiger partial charge in [-0.3, -0.25) is 0 Å². The van der Waals surface area contributed by atoms with Crippen molar-refractivity contribution in [2.24, 2.45) is 16.6 Å². The molecule has 3 rings (SSSR count). The van der Waals surface area contributed by atoms with E-state index in [1.807, 2.05) is 6.07 Å². The van der Waals surface area contributed by atoms with Crippen LogP contribution in [0, 0.1) is 11.7 Å². The molecule has 3 nitrogen and oxygen atoms in total. The van der Waals surface area contributed by atoms with Crippen molar-refractivity contribution in [1.29, 1.82) is 0 Å². The fourth-order valence-corrected chi connectivity index (χ4v) is 2.77. The van der Waals surface area contributed by atoms with E-state index in [4.69, 9.17) is 10.5 Å². The van der Waals surface area contributed by atoms with Gasteiger partial charge in [-0.25, -0.2) is 9.38 Å². The normalized spacial score (nSPS) is 30.6. The van der Waals surface area contributed by atoms with E-state index in [2.05, 4.69) is 4.99 Å². The molecule has 2 N–H and O–H groups in total. The number of rotatable bonds is 2. The zero-order valence-electron chi connectivity index (χ0n) is 10.2. The molecule has 1 aromatic carbocycles. The number of nitrogens with two attached hydrogens (primary N) is 1. The Bertz CT molecular complexity index is 475. The van der Waals surface area contributed by atoms with Crippen LogP contribution in [-0.4, -0.2) is 24.6 Å². The molecule has 3 atom stereocenters. The van der Waals surface area contributed by atoms with Crippen LogP contribution in [0.1, 0.15) is 24.8 Å². The summed E-state index contributed by atoms with van der Waals surface area (Å²) in [4.78, 5) is 4.58. The van der Waals surface area contributed by atoms with Crippen LogP contribution in [0.2, 0.25) is 0 Å². The zero-order chi connectivity index (χ0) is 12.5. The molecule has 1 fully saturated rings. The second-order valence-electron chi connectivity index (χ2n) is 5.08. The number of fused-ring (bicyclic) bond motifs is 1. The highest BCUT2D eigenvalue weighted by Gasteiger charge is 2.36. The van der Waals surface area contributed by atoms with Crippen LogP contribution in [0.5, 0.6) is 0 Å². The van der Waals surface area contributed by atoms with Crippen LogP contribution in [0.25, 0.3) is 0 Å². The Kier molecular flexibility index (Phi) is 3.04. The highest BCUT2D eigenvalue weighted by Crippen LogP contribution is 2.33. The summed E-state index contributed by atoms with van der Waals surface area (Å²) in [6, 6.07) is 6.64. The monoisotopic (exact) mass is 248 g/mol. The highest BCUT2D eigenvalue weighted by atomic mass is 19.1. The quantitative estimate of drug-likeness (QED) is 0.871. The lowest BCUT2D eigenvalue weighted by Crippen LogP contribution is -2.34. The molecule has 1 aliphatic heterocycles. The fourth-order valence-electron chi connectivity index (χ4n) is 2.77. The molecule has 1 aliphatic carbocycles. The smallest absolute Gasteiger partial charge is 0.216 e. The summed E-state index contributed by atoms with van der Waals surface area (Å²) in [5.74, 6) is 0.865. The first-order valence-electron chi connectivity index (χ1n) is 6.46. The van der Waals surface area contributed by atoms with Gasteiger partial charge in [-0.15, -0.1) is 0 Å². The van der Waals surface area contributed by atoms with Gasteiger partial charge in [0.2, 0.25) is 5.90 Å². The minimum Gasteiger partial charge on any atom is -0.472 e. The van der Waals surface area contributed by atoms with Crippen LogP contribution in [0.15, 0.2) is 29.3 Å². The van der Waals surface area contributed by atoms with Crippen molar-refractivity contribution in [1.82, 2.24) is 0 Å². The van der Waals surface area contributed by atoms with Crippen LogP contribution >= 0.6 is 0 Å². The van der Waals surface area contributed by atoms with E-state index in [0.29, 0.717) is 18.4 Å². The standard InChI is InChI=1S/C14H17FN2O/c15-11-3-1-2-10(7-11)14-17-12-5-4-9(8-16)6-13(12)18-14/h1-3,7,9,12-13H,4-6,8,16H2. The Labute approximate surface area is 106 Å².